The molecular weight excluding hydrogens is 260 g/mol. The average molecular weight is 274 g/mol. The highest BCUT2D eigenvalue weighted by atomic mass is 16.3. The van der Waals surface area contributed by atoms with Crippen LogP contribution in [0.5, 0.6) is 0 Å². The second-order valence-corrected chi connectivity index (χ2v) is 5.43. The van der Waals surface area contributed by atoms with Crippen molar-refractivity contribution in [1.82, 2.24) is 0 Å². The smallest absolute Gasteiger partial charge is 0.196 e. The van der Waals surface area contributed by atoms with E-state index < -0.39 is 0 Å². The topological polar surface area (TPSA) is 30.2 Å². The van der Waals surface area contributed by atoms with Crippen LogP contribution in [-0.2, 0) is 6.42 Å². The highest BCUT2D eigenvalue weighted by Crippen LogP contribution is 2.37. The van der Waals surface area contributed by atoms with Crippen molar-refractivity contribution >= 4 is 5.78 Å². The minimum absolute atomic E-state index is 0.0217. The number of ketones is 1. The molecule has 0 saturated carbocycles. The maximum Gasteiger partial charge on any atom is 0.196 e. The number of benzene rings is 2. The SMILES string of the molecule is Cc1occc1C(=O)c1ccc2c(c1)-c1ccccc1C2. The van der Waals surface area contributed by atoms with Gasteiger partial charge in [0.25, 0.3) is 0 Å². The molecule has 1 aliphatic carbocycles. The van der Waals surface area contributed by atoms with Crippen molar-refractivity contribution in [2.75, 3.05) is 0 Å². The number of hydrogen-bond donors (Lipinski definition) is 0. The molecule has 2 heteroatoms. The molecule has 0 fully saturated rings. The molecule has 0 aliphatic heterocycles. The maximum absolute atomic E-state index is 12.6. The molecule has 2 aromatic carbocycles. The van der Waals surface area contributed by atoms with E-state index in [9.17, 15) is 4.79 Å². The lowest BCUT2D eigenvalue weighted by Crippen LogP contribution is -2.02. The Morgan fingerprint density at radius 2 is 1.81 bits per heavy atom. The molecule has 0 spiro atoms. The van der Waals surface area contributed by atoms with E-state index in [1.54, 1.807) is 12.3 Å². The molecule has 0 amide bonds. The van der Waals surface area contributed by atoms with E-state index in [0.29, 0.717) is 11.3 Å². The summed E-state index contributed by atoms with van der Waals surface area (Å²) in [6.45, 7) is 1.82. The number of aryl methyl sites for hydroxylation is 1. The van der Waals surface area contributed by atoms with E-state index in [1.807, 2.05) is 25.1 Å². The summed E-state index contributed by atoms with van der Waals surface area (Å²) in [5, 5.41) is 0. The van der Waals surface area contributed by atoms with Gasteiger partial charge in [0.15, 0.2) is 5.78 Å². The predicted molar refractivity (Wildman–Crippen MR) is 81.6 cm³/mol. The minimum atomic E-state index is 0.0217. The lowest BCUT2D eigenvalue weighted by atomic mass is 9.98. The van der Waals surface area contributed by atoms with Crippen LogP contribution in [0.15, 0.2) is 59.2 Å². The Morgan fingerprint density at radius 1 is 1.00 bits per heavy atom. The molecule has 1 heterocycles. The molecule has 1 aliphatic rings. The van der Waals surface area contributed by atoms with Crippen molar-refractivity contribution in [2.24, 2.45) is 0 Å². The van der Waals surface area contributed by atoms with Gasteiger partial charge in [-0.05, 0) is 47.7 Å². The zero-order chi connectivity index (χ0) is 14.4. The van der Waals surface area contributed by atoms with Crippen molar-refractivity contribution in [3.8, 4) is 11.1 Å². The van der Waals surface area contributed by atoms with Gasteiger partial charge in [0.1, 0.15) is 5.76 Å². The van der Waals surface area contributed by atoms with Gasteiger partial charge in [-0.15, -0.1) is 0 Å². The first-order valence-electron chi connectivity index (χ1n) is 7.04. The Hall–Kier alpha value is -2.61. The summed E-state index contributed by atoms with van der Waals surface area (Å²) >= 11 is 0. The molecule has 0 atom stereocenters. The van der Waals surface area contributed by atoms with E-state index in [-0.39, 0.29) is 5.78 Å². The van der Waals surface area contributed by atoms with Crippen LogP contribution in [0.25, 0.3) is 11.1 Å². The van der Waals surface area contributed by atoms with E-state index in [0.717, 1.165) is 12.0 Å². The van der Waals surface area contributed by atoms with Crippen LogP contribution < -0.4 is 0 Å². The quantitative estimate of drug-likeness (QED) is 0.507. The van der Waals surface area contributed by atoms with Crippen LogP contribution in [0.2, 0.25) is 0 Å². The molecule has 0 unspecified atom stereocenters. The van der Waals surface area contributed by atoms with Crippen molar-refractivity contribution in [3.63, 3.8) is 0 Å². The van der Waals surface area contributed by atoms with Gasteiger partial charge in [0.2, 0.25) is 0 Å². The van der Waals surface area contributed by atoms with Gasteiger partial charge in [-0.1, -0.05) is 36.4 Å². The van der Waals surface area contributed by atoms with Crippen molar-refractivity contribution in [1.29, 1.82) is 0 Å². The van der Waals surface area contributed by atoms with Gasteiger partial charge in [-0.2, -0.15) is 0 Å². The standard InChI is InChI=1S/C19H14O2/c1-12-16(8-9-21-12)19(20)15-7-6-14-10-13-4-2-3-5-17(13)18(14)11-15/h2-9,11H,10H2,1H3. The third-order valence-electron chi connectivity index (χ3n) is 4.16. The normalized spacial score (nSPS) is 12.0. The Morgan fingerprint density at radius 3 is 2.62 bits per heavy atom. The minimum Gasteiger partial charge on any atom is -0.469 e. The zero-order valence-corrected chi connectivity index (χ0v) is 11.7. The summed E-state index contributed by atoms with van der Waals surface area (Å²) in [6.07, 6.45) is 2.51. The number of carbonyl (C=O) groups excluding carboxylic acids is 1. The molecule has 0 bridgehead atoms. The Kier molecular flexibility index (Phi) is 2.58. The molecule has 1 aromatic heterocycles. The van der Waals surface area contributed by atoms with Gasteiger partial charge in [-0.3, -0.25) is 4.79 Å². The fourth-order valence-electron chi connectivity index (χ4n) is 3.04. The molecule has 0 radical (unpaired) electrons. The van der Waals surface area contributed by atoms with Crippen molar-refractivity contribution in [3.05, 3.63) is 82.8 Å². The summed E-state index contributed by atoms with van der Waals surface area (Å²) in [6, 6.07) is 16.1. The molecule has 21 heavy (non-hydrogen) atoms. The molecular formula is C19H14O2. The van der Waals surface area contributed by atoms with E-state index in [2.05, 4.69) is 24.3 Å². The highest BCUT2D eigenvalue weighted by molar-refractivity contribution is 6.10. The molecule has 0 saturated heterocycles. The molecule has 0 N–H and O–H groups in total. The molecule has 2 nitrogen and oxygen atoms in total. The second kappa shape index (κ2) is 4.45. The van der Waals surface area contributed by atoms with Crippen molar-refractivity contribution in [2.45, 2.75) is 13.3 Å². The molecule has 3 aromatic rings. The van der Waals surface area contributed by atoms with E-state index in [4.69, 9.17) is 4.42 Å². The fraction of sp³-hybridized carbons (Fsp3) is 0.105. The van der Waals surface area contributed by atoms with Crippen molar-refractivity contribution < 1.29 is 9.21 Å². The predicted octanol–water partition coefficient (Wildman–Crippen LogP) is 4.39. The first-order chi connectivity index (χ1) is 10.2. The number of furan rings is 1. The summed E-state index contributed by atoms with van der Waals surface area (Å²) in [4.78, 5) is 12.6. The largest absolute Gasteiger partial charge is 0.469 e. The van der Waals surface area contributed by atoms with Gasteiger partial charge >= 0.3 is 0 Å². The summed E-state index contributed by atoms with van der Waals surface area (Å²) < 4.78 is 5.24. The van der Waals surface area contributed by atoms with Crippen LogP contribution in [-0.4, -0.2) is 5.78 Å². The summed E-state index contributed by atoms with van der Waals surface area (Å²) in [5.41, 5.74) is 6.40. The van der Waals surface area contributed by atoms with E-state index >= 15 is 0 Å². The lowest BCUT2D eigenvalue weighted by Gasteiger charge is -2.05. The summed E-state index contributed by atoms with van der Waals surface area (Å²) in [7, 11) is 0. The van der Waals surface area contributed by atoms with Crippen LogP contribution in [0.1, 0.15) is 32.8 Å². The van der Waals surface area contributed by atoms with Gasteiger partial charge < -0.3 is 4.42 Å². The Bertz CT molecular complexity index is 856. The first kappa shape index (κ1) is 12.2. The van der Waals surface area contributed by atoms with E-state index in [1.165, 1.54) is 22.3 Å². The number of fused-ring (bicyclic) bond motifs is 3. The number of carbonyl (C=O) groups is 1. The van der Waals surface area contributed by atoms with Gasteiger partial charge in [0.05, 0.1) is 11.8 Å². The average Bonchev–Trinajstić information content (AvgIpc) is 3.09. The van der Waals surface area contributed by atoms with Crippen LogP contribution in [0.4, 0.5) is 0 Å². The molecule has 102 valence electrons. The van der Waals surface area contributed by atoms with Crippen LogP contribution >= 0.6 is 0 Å². The number of hydrogen-bond acceptors (Lipinski definition) is 2. The third-order valence-corrected chi connectivity index (χ3v) is 4.16. The number of rotatable bonds is 2. The fourth-order valence-corrected chi connectivity index (χ4v) is 3.04. The summed E-state index contributed by atoms with van der Waals surface area (Å²) in [5.74, 6) is 0.689. The maximum atomic E-state index is 12.6. The monoisotopic (exact) mass is 274 g/mol. The third kappa shape index (κ3) is 1.83. The zero-order valence-electron chi connectivity index (χ0n) is 11.7. The van der Waals surface area contributed by atoms with Gasteiger partial charge in [0, 0.05) is 5.56 Å². The Balaban J connectivity index is 1.82. The highest BCUT2D eigenvalue weighted by Gasteiger charge is 2.21. The second-order valence-electron chi connectivity index (χ2n) is 5.43. The first-order valence-corrected chi connectivity index (χ1v) is 7.04. The molecule has 4 rings (SSSR count). The van der Waals surface area contributed by atoms with Gasteiger partial charge in [-0.25, -0.2) is 0 Å². The Labute approximate surface area is 123 Å². The lowest BCUT2D eigenvalue weighted by molar-refractivity contribution is 0.103. The van der Waals surface area contributed by atoms with Crippen LogP contribution in [0.3, 0.4) is 0 Å². The van der Waals surface area contributed by atoms with Crippen LogP contribution in [0, 0.1) is 6.92 Å².